The molecule has 0 bridgehead atoms. The lowest BCUT2D eigenvalue weighted by molar-refractivity contribution is 1.45. The minimum absolute atomic E-state index is 1.28. The van der Waals surface area contributed by atoms with Gasteiger partial charge in [-0.05, 0) is 36.1 Å². The summed E-state index contributed by atoms with van der Waals surface area (Å²) in [6, 6.07) is 26.0. The number of hydrogen-bond acceptors (Lipinski definition) is 0. The Morgan fingerprint density at radius 1 is 0.500 bits per heavy atom. The Kier molecular flexibility index (Phi) is 3.39. The van der Waals surface area contributed by atoms with Crippen LogP contribution in [0.3, 0.4) is 0 Å². The van der Waals surface area contributed by atoms with E-state index in [4.69, 9.17) is 0 Å². The fraction of sp³-hybridized carbons (Fsp3) is 0.100. The molecule has 0 saturated heterocycles. The van der Waals surface area contributed by atoms with Crippen LogP contribution in [0.1, 0.15) is 11.1 Å². The molecule has 0 unspecified atom stereocenters. The normalized spacial score (nSPS) is 10.5. The standard InChI is InChI=1S/C20H18/c1-15-7-5-9-17(13-15)19-11-3-4-12-20(19)18-10-6-8-16(2)14-18/h3-14H,1-2H3. The zero-order valence-electron chi connectivity index (χ0n) is 11.9. The van der Waals surface area contributed by atoms with Crippen molar-refractivity contribution in [2.45, 2.75) is 13.8 Å². The van der Waals surface area contributed by atoms with Crippen LogP contribution in [0.2, 0.25) is 0 Å². The maximum Gasteiger partial charge on any atom is -0.0105 e. The van der Waals surface area contributed by atoms with E-state index in [1.165, 1.54) is 33.4 Å². The lowest BCUT2D eigenvalue weighted by Gasteiger charge is -2.11. The summed E-state index contributed by atoms with van der Waals surface area (Å²) in [5, 5.41) is 0. The van der Waals surface area contributed by atoms with Gasteiger partial charge in [0.25, 0.3) is 0 Å². The van der Waals surface area contributed by atoms with Crippen molar-refractivity contribution >= 4 is 0 Å². The van der Waals surface area contributed by atoms with Crippen molar-refractivity contribution in [2.75, 3.05) is 0 Å². The molecule has 0 radical (unpaired) electrons. The number of benzene rings is 3. The molecule has 20 heavy (non-hydrogen) atoms. The molecule has 0 aliphatic heterocycles. The zero-order chi connectivity index (χ0) is 13.9. The lowest BCUT2D eigenvalue weighted by Crippen LogP contribution is -1.86. The van der Waals surface area contributed by atoms with E-state index in [-0.39, 0.29) is 0 Å². The highest BCUT2D eigenvalue weighted by atomic mass is 14.1. The van der Waals surface area contributed by atoms with Crippen LogP contribution in [0.25, 0.3) is 22.3 Å². The molecule has 0 spiro atoms. The topological polar surface area (TPSA) is 0 Å². The van der Waals surface area contributed by atoms with Crippen molar-refractivity contribution in [1.29, 1.82) is 0 Å². The molecular formula is C20H18. The Balaban J connectivity index is 2.18. The summed E-state index contributed by atoms with van der Waals surface area (Å²) in [6.45, 7) is 4.28. The third-order valence-electron chi connectivity index (χ3n) is 3.59. The van der Waals surface area contributed by atoms with Crippen LogP contribution in [0.5, 0.6) is 0 Å². The maximum atomic E-state index is 2.24. The first-order chi connectivity index (χ1) is 9.74. The van der Waals surface area contributed by atoms with Gasteiger partial charge < -0.3 is 0 Å². The first-order valence-corrected chi connectivity index (χ1v) is 6.97. The van der Waals surface area contributed by atoms with Crippen molar-refractivity contribution in [2.24, 2.45) is 0 Å². The fourth-order valence-electron chi connectivity index (χ4n) is 2.61. The largest absolute Gasteiger partial charge is 0.0616 e. The molecule has 0 fully saturated rings. The highest BCUT2D eigenvalue weighted by Gasteiger charge is 2.06. The summed E-state index contributed by atoms with van der Waals surface area (Å²) in [6.07, 6.45) is 0. The average molecular weight is 258 g/mol. The van der Waals surface area contributed by atoms with E-state index >= 15 is 0 Å². The average Bonchev–Trinajstić information content (AvgIpc) is 2.47. The van der Waals surface area contributed by atoms with Gasteiger partial charge in [0.1, 0.15) is 0 Å². The van der Waals surface area contributed by atoms with E-state index in [1.807, 2.05) is 0 Å². The zero-order valence-corrected chi connectivity index (χ0v) is 11.9. The van der Waals surface area contributed by atoms with Gasteiger partial charge in [-0.2, -0.15) is 0 Å². The number of aryl methyl sites for hydroxylation is 2. The molecule has 3 aromatic rings. The summed E-state index contributed by atoms with van der Waals surface area (Å²) in [7, 11) is 0. The van der Waals surface area contributed by atoms with Crippen LogP contribution >= 0.6 is 0 Å². The molecule has 0 nitrogen and oxygen atoms in total. The van der Waals surface area contributed by atoms with Crippen LogP contribution in [0, 0.1) is 13.8 Å². The summed E-state index contributed by atoms with van der Waals surface area (Å²) in [4.78, 5) is 0. The Morgan fingerprint density at radius 2 is 0.950 bits per heavy atom. The summed E-state index contributed by atoms with van der Waals surface area (Å²) < 4.78 is 0. The molecule has 3 rings (SSSR count). The molecule has 0 amide bonds. The fourth-order valence-corrected chi connectivity index (χ4v) is 2.61. The summed E-state index contributed by atoms with van der Waals surface area (Å²) in [5.74, 6) is 0. The van der Waals surface area contributed by atoms with E-state index in [0.29, 0.717) is 0 Å². The lowest BCUT2D eigenvalue weighted by atomic mass is 9.93. The predicted molar refractivity (Wildman–Crippen MR) is 86.8 cm³/mol. The molecule has 0 aliphatic carbocycles. The quantitative estimate of drug-likeness (QED) is 0.558. The number of rotatable bonds is 2. The van der Waals surface area contributed by atoms with E-state index < -0.39 is 0 Å². The van der Waals surface area contributed by atoms with Gasteiger partial charge in [-0.1, -0.05) is 83.9 Å². The third-order valence-corrected chi connectivity index (χ3v) is 3.59. The van der Waals surface area contributed by atoms with Gasteiger partial charge in [0.15, 0.2) is 0 Å². The van der Waals surface area contributed by atoms with Gasteiger partial charge in [0.2, 0.25) is 0 Å². The molecule has 98 valence electrons. The van der Waals surface area contributed by atoms with Gasteiger partial charge >= 0.3 is 0 Å². The van der Waals surface area contributed by atoms with Gasteiger partial charge in [-0.15, -0.1) is 0 Å². The van der Waals surface area contributed by atoms with Crippen molar-refractivity contribution in [3.8, 4) is 22.3 Å². The minimum Gasteiger partial charge on any atom is -0.0616 e. The van der Waals surface area contributed by atoms with Crippen LogP contribution in [0.4, 0.5) is 0 Å². The second-order valence-electron chi connectivity index (χ2n) is 5.28. The second kappa shape index (κ2) is 5.34. The summed E-state index contributed by atoms with van der Waals surface area (Å²) >= 11 is 0. The molecule has 0 heteroatoms. The molecule has 0 aliphatic rings. The maximum absolute atomic E-state index is 2.24. The van der Waals surface area contributed by atoms with Crippen molar-refractivity contribution in [3.63, 3.8) is 0 Å². The second-order valence-corrected chi connectivity index (χ2v) is 5.28. The molecule has 0 atom stereocenters. The Morgan fingerprint density at radius 3 is 1.35 bits per heavy atom. The van der Waals surface area contributed by atoms with E-state index in [9.17, 15) is 0 Å². The minimum atomic E-state index is 1.28. The third kappa shape index (κ3) is 2.50. The van der Waals surface area contributed by atoms with Gasteiger partial charge in [0.05, 0.1) is 0 Å². The van der Waals surface area contributed by atoms with Crippen molar-refractivity contribution < 1.29 is 0 Å². The van der Waals surface area contributed by atoms with Gasteiger partial charge in [-0.3, -0.25) is 0 Å². The van der Waals surface area contributed by atoms with E-state index in [1.54, 1.807) is 0 Å². The monoisotopic (exact) mass is 258 g/mol. The SMILES string of the molecule is Cc1cccc(-c2ccccc2-c2cccc(C)c2)c1. The first kappa shape index (κ1) is 12.7. The van der Waals surface area contributed by atoms with Crippen LogP contribution in [-0.4, -0.2) is 0 Å². The smallest absolute Gasteiger partial charge is 0.0105 e. The van der Waals surface area contributed by atoms with Crippen molar-refractivity contribution in [1.82, 2.24) is 0 Å². The predicted octanol–water partition coefficient (Wildman–Crippen LogP) is 5.64. The van der Waals surface area contributed by atoms with Crippen molar-refractivity contribution in [3.05, 3.63) is 83.9 Å². The first-order valence-electron chi connectivity index (χ1n) is 6.97. The molecule has 0 saturated carbocycles. The Bertz CT molecular complexity index is 674. The van der Waals surface area contributed by atoms with Crippen LogP contribution in [-0.2, 0) is 0 Å². The van der Waals surface area contributed by atoms with Crippen LogP contribution < -0.4 is 0 Å². The molecule has 3 aromatic carbocycles. The van der Waals surface area contributed by atoms with Gasteiger partial charge in [0, 0.05) is 0 Å². The Labute approximate surface area is 120 Å². The molecule has 0 heterocycles. The van der Waals surface area contributed by atoms with Crippen LogP contribution in [0.15, 0.2) is 72.8 Å². The Hall–Kier alpha value is -2.34. The molecule has 0 N–H and O–H groups in total. The highest BCUT2D eigenvalue weighted by Crippen LogP contribution is 2.32. The van der Waals surface area contributed by atoms with E-state index in [0.717, 1.165) is 0 Å². The highest BCUT2D eigenvalue weighted by molar-refractivity contribution is 5.83. The summed E-state index contributed by atoms with van der Waals surface area (Å²) in [5.41, 5.74) is 7.73. The van der Waals surface area contributed by atoms with Gasteiger partial charge in [-0.25, -0.2) is 0 Å². The number of hydrogen-bond donors (Lipinski definition) is 0. The molecule has 0 aromatic heterocycles. The molecular weight excluding hydrogens is 240 g/mol. The van der Waals surface area contributed by atoms with E-state index in [2.05, 4.69) is 86.6 Å².